The Morgan fingerprint density at radius 1 is 1.32 bits per heavy atom. The summed E-state index contributed by atoms with van der Waals surface area (Å²) < 4.78 is 12.8. The summed E-state index contributed by atoms with van der Waals surface area (Å²) in [5.74, 6) is 4.55. The van der Waals surface area contributed by atoms with Crippen LogP contribution in [0, 0.1) is 12.3 Å². The van der Waals surface area contributed by atoms with Crippen molar-refractivity contribution in [3.8, 4) is 35.1 Å². The van der Waals surface area contributed by atoms with Crippen LogP contribution in [0.25, 0.3) is 11.3 Å². The van der Waals surface area contributed by atoms with Crippen molar-refractivity contribution in [2.45, 2.75) is 6.54 Å². The fourth-order valence-electron chi connectivity index (χ4n) is 2.03. The van der Waals surface area contributed by atoms with Crippen LogP contribution in [0.2, 0.25) is 0 Å². The van der Waals surface area contributed by atoms with Crippen LogP contribution >= 0.6 is 0 Å². The molecule has 2 aromatic rings. The third kappa shape index (κ3) is 1.97. The van der Waals surface area contributed by atoms with Crippen molar-refractivity contribution in [2.75, 3.05) is 18.9 Å². The van der Waals surface area contributed by atoms with Crippen molar-refractivity contribution in [1.29, 1.82) is 0 Å². The average Bonchev–Trinajstić information content (AvgIpc) is 2.80. The van der Waals surface area contributed by atoms with Gasteiger partial charge in [-0.15, -0.1) is 6.42 Å². The van der Waals surface area contributed by atoms with Gasteiger partial charge in [-0.1, -0.05) is 5.92 Å². The number of hydrogen-bond donors (Lipinski definition) is 1. The lowest BCUT2D eigenvalue weighted by molar-refractivity contribution is 0.171. The van der Waals surface area contributed by atoms with Gasteiger partial charge in [0.15, 0.2) is 11.5 Å². The number of rotatable bonds is 2. The van der Waals surface area contributed by atoms with Gasteiger partial charge < -0.3 is 19.8 Å². The number of terminal acetylenes is 1. The Hall–Kier alpha value is -2.61. The molecule has 0 fully saturated rings. The number of fused-ring (bicyclic) bond motifs is 1. The highest BCUT2D eigenvalue weighted by molar-refractivity contribution is 5.72. The molecule has 0 spiro atoms. The zero-order valence-corrected chi connectivity index (χ0v) is 10.3. The standard InChI is InChI=1S/C14H13N3O2/c1-2-5-17-9-16-13(14(17)15)10-3-4-11-12(8-10)19-7-6-18-11/h1,3-4,8-9H,5-7,15H2. The van der Waals surface area contributed by atoms with Crippen LogP contribution in [0.4, 0.5) is 5.82 Å². The smallest absolute Gasteiger partial charge is 0.162 e. The summed E-state index contributed by atoms with van der Waals surface area (Å²) in [6, 6.07) is 5.66. The highest BCUT2D eigenvalue weighted by Gasteiger charge is 2.15. The molecule has 0 saturated carbocycles. The molecule has 1 aromatic carbocycles. The maximum Gasteiger partial charge on any atom is 0.162 e. The van der Waals surface area contributed by atoms with Gasteiger partial charge in [0.1, 0.15) is 24.7 Å². The van der Waals surface area contributed by atoms with Crippen molar-refractivity contribution < 1.29 is 9.47 Å². The summed E-state index contributed by atoms with van der Waals surface area (Å²) in [5.41, 5.74) is 7.62. The highest BCUT2D eigenvalue weighted by Crippen LogP contribution is 2.35. The predicted molar refractivity (Wildman–Crippen MR) is 71.9 cm³/mol. The fourth-order valence-corrected chi connectivity index (χ4v) is 2.03. The topological polar surface area (TPSA) is 62.3 Å². The number of anilines is 1. The van der Waals surface area contributed by atoms with Gasteiger partial charge in [0.05, 0.1) is 12.9 Å². The zero-order chi connectivity index (χ0) is 13.2. The van der Waals surface area contributed by atoms with Crippen LogP contribution in [0.3, 0.4) is 0 Å². The summed E-state index contributed by atoms with van der Waals surface area (Å²) >= 11 is 0. The summed E-state index contributed by atoms with van der Waals surface area (Å²) in [7, 11) is 0. The minimum absolute atomic E-state index is 0.406. The monoisotopic (exact) mass is 255 g/mol. The number of benzene rings is 1. The van der Waals surface area contributed by atoms with Gasteiger partial charge in [-0.3, -0.25) is 0 Å². The molecule has 19 heavy (non-hydrogen) atoms. The molecule has 5 nitrogen and oxygen atoms in total. The Balaban J connectivity index is 2.00. The number of nitrogens with zero attached hydrogens (tertiary/aromatic N) is 2. The van der Waals surface area contributed by atoms with Crippen molar-refractivity contribution in [2.24, 2.45) is 0 Å². The quantitative estimate of drug-likeness (QED) is 0.827. The first kappa shape index (κ1) is 11.5. The van der Waals surface area contributed by atoms with Gasteiger partial charge in [-0.25, -0.2) is 4.98 Å². The molecule has 5 heteroatoms. The average molecular weight is 255 g/mol. The predicted octanol–water partition coefficient (Wildman–Crippen LogP) is 1.54. The van der Waals surface area contributed by atoms with E-state index in [4.69, 9.17) is 21.6 Å². The van der Waals surface area contributed by atoms with E-state index in [1.54, 1.807) is 10.9 Å². The summed E-state index contributed by atoms with van der Waals surface area (Å²) in [5, 5.41) is 0. The molecular weight excluding hydrogens is 242 g/mol. The van der Waals surface area contributed by atoms with E-state index < -0.39 is 0 Å². The first-order valence-corrected chi connectivity index (χ1v) is 5.93. The van der Waals surface area contributed by atoms with Crippen molar-refractivity contribution in [3.63, 3.8) is 0 Å². The van der Waals surface area contributed by atoms with E-state index in [1.807, 2.05) is 18.2 Å². The van der Waals surface area contributed by atoms with E-state index in [1.165, 1.54) is 0 Å². The van der Waals surface area contributed by atoms with Gasteiger partial charge in [0, 0.05) is 5.56 Å². The number of ether oxygens (including phenoxy) is 2. The second kappa shape index (κ2) is 4.58. The van der Waals surface area contributed by atoms with Crippen LogP contribution in [0.15, 0.2) is 24.5 Å². The molecule has 0 amide bonds. The molecule has 2 heterocycles. The lowest BCUT2D eigenvalue weighted by Crippen LogP contribution is -2.15. The van der Waals surface area contributed by atoms with Gasteiger partial charge >= 0.3 is 0 Å². The zero-order valence-electron chi connectivity index (χ0n) is 10.3. The van der Waals surface area contributed by atoms with Crippen molar-refractivity contribution in [3.05, 3.63) is 24.5 Å². The summed E-state index contributed by atoms with van der Waals surface area (Å²) in [6.07, 6.45) is 6.92. The molecule has 0 radical (unpaired) electrons. The van der Waals surface area contributed by atoms with E-state index >= 15 is 0 Å². The Bertz CT molecular complexity index is 655. The largest absolute Gasteiger partial charge is 0.486 e. The lowest BCUT2D eigenvalue weighted by atomic mass is 10.1. The van der Waals surface area contributed by atoms with Crippen LogP contribution in [-0.4, -0.2) is 22.8 Å². The SMILES string of the molecule is C#CCn1cnc(-c2ccc3c(c2)OCCO3)c1N. The normalized spacial score (nSPS) is 13.0. The molecule has 3 rings (SSSR count). The van der Waals surface area contributed by atoms with E-state index in [-0.39, 0.29) is 0 Å². The maximum atomic E-state index is 6.03. The van der Waals surface area contributed by atoms with Crippen LogP contribution in [-0.2, 0) is 6.54 Å². The maximum absolute atomic E-state index is 6.03. The second-order valence-corrected chi connectivity index (χ2v) is 4.17. The molecule has 1 aliphatic heterocycles. The first-order chi connectivity index (χ1) is 9.29. The Labute approximate surface area is 111 Å². The molecule has 1 aromatic heterocycles. The Morgan fingerprint density at radius 2 is 2.11 bits per heavy atom. The van der Waals surface area contributed by atoms with E-state index in [9.17, 15) is 0 Å². The van der Waals surface area contributed by atoms with E-state index in [2.05, 4.69) is 10.9 Å². The second-order valence-electron chi connectivity index (χ2n) is 4.17. The van der Waals surface area contributed by atoms with Gasteiger partial charge in [0.2, 0.25) is 0 Å². The minimum atomic E-state index is 0.406. The highest BCUT2D eigenvalue weighted by atomic mass is 16.6. The lowest BCUT2D eigenvalue weighted by Gasteiger charge is -2.18. The van der Waals surface area contributed by atoms with Crippen LogP contribution < -0.4 is 15.2 Å². The molecular formula is C14H13N3O2. The number of aromatic nitrogens is 2. The molecule has 0 unspecified atom stereocenters. The van der Waals surface area contributed by atoms with Crippen molar-refractivity contribution in [1.82, 2.24) is 9.55 Å². The van der Waals surface area contributed by atoms with Crippen molar-refractivity contribution >= 4 is 5.82 Å². The third-order valence-corrected chi connectivity index (χ3v) is 2.96. The molecule has 2 N–H and O–H groups in total. The number of nitrogens with two attached hydrogens (primary N) is 1. The number of hydrogen-bond acceptors (Lipinski definition) is 4. The third-order valence-electron chi connectivity index (χ3n) is 2.96. The van der Waals surface area contributed by atoms with Gasteiger partial charge in [-0.05, 0) is 18.2 Å². The van der Waals surface area contributed by atoms with Gasteiger partial charge in [0.25, 0.3) is 0 Å². The number of imidazole rings is 1. The molecule has 0 aliphatic carbocycles. The molecule has 1 aliphatic rings. The Morgan fingerprint density at radius 3 is 2.89 bits per heavy atom. The fraction of sp³-hybridized carbons (Fsp3) is 0.214. The number of nitrogen functional groups attached to an aromatic ring is 1. The van der Waals surface area contributed by atoms with Crippen LogP contribution in [0.1, 0.15) is 0 Å². The first-order valence-electron chi connectivity index (χ1n) is 5.93. The molecule has 0 saturated heterocycles. The Kier molecular flexibility index (Phi) is 2.76. The summed E-state index contributed by atoms with van der Waals surface area (Å²) in [6.45, 7) is 1.53. The van der Waals surface area contributed by atoms with E-state index in [0.29, 0.717) is 31.3 Å². The molecule has 96 valence electrons. The minimum Gasteiger partial charge on any atom is -0.486 e. The van der Waals surface area contributed by atoms with Crippen LogP contribution in [0.5, 0.6) is 11.5 Å². The van der Waals surface area contributed by atoms with Gasteiger partial charge in [-0.2, -0.15) is 0 Å². The molecule has 0 atom stereocenters. The molecule has 0 bridgehead atoms. The summed E-state index contributed by atoms with van der Waals surface area (Å²) in [4.78, 5) is 4.30. The van der Waals surface area contributed by atoms with E-state index in [0.717, 1.165) is 17.1 Å².